The lowest BCUT2D eigenvalue weighted by molar-refractivity contribution is 1.62. The lowest BCUT2D eigenvalue weighted by atomic mass is 9.98. The Balaban J connectivity index is 1.77. The average molecular weight is 295 g/mol. The highest BCUT2D eigenvalue weighted by molar-refractivity contribution is 5.90. The fourth-order valence-electron chi connectivity index (χ4n) is 2.91. The second-order valence-electron chi connectivity index (χ2n) is 5.76. The molecular weight excluding hydrogens is 278 g/mol. The van der Waals surface area contributed by atoms with Crippen molar-refractivity contribution in [3.05, 3.63) is 91.0 Å². The molecule has 4 aromatic rings. The van der Waals surface area contributed by atoms with E-state index in [2.05, 4.69) is 72.8 Å². The number of nitrogen functional groups attached to an aromatic ring is 1. The maximum absolute atomic E-state index is 5.77. The first kappa shape index (κ1) is 13.6. The molecule has 0 atom stereocenters. The van der Waals surface area contributed by atoms with E-state index in [0.29, 0.717) is 0 Å². The third-order valence-corrected chi connectivity index (χ3v) is 4.19. The molecule has 1 heteroatoms. The smallest absolute Gasteiger partial charge is 0.0314 e. The quantitative estimate of drug-likeness (QED) is 0.468. The van der Waals surface area contributed by atoms with Crippen molar-refractivity contribution in [3.8, 4) is 22.3 Å². The normalized spacial score (nSPS) is 10.8. The molecule has 0 aliphatic heterocycles. The number of anilines is 1. The Kier molecular flexibility index (Phi) is 3.32. The van der Waals surface area contributed by atoms with Crippen LogP contribution in [0.3, 0.4) is 0 Å². The van der Waals surface area contributed by atoms with Gasteiger partial charge in [-0.05, 0) is 57.3 Å². The first-order valence-corrected chi connectivity index (χ1v) is 7.75. The maximum Gasteiger partial charge on any atom is 0.0314 e. The Morgan fingerprint density at radius 2 is 0.913 bits per heavy atom. The number of hydrogen-bond acceptors (Lipinski definition) is 1. The summed E-state index contributed by atoms with van der Waals surface area (Å²) in [5.41, 5.74) is 11.5. The summed E-state index contributed by atoms with van der Waals surface area (Å²) in [6, 6.07) is 31.7. The van der Waals surface area contributed by atoms with Gasteiger partial charge in [-0.15, -0.1) is 0 Å². The van der Waals surface area contributed by atoms with Crippen molar-refractivity contribution in [2.45, 2.75) is 0 Å². The fourth-order valence-corrected chi connectivity index (χ4v) is 2.91. The standard InChI is InChI=1S/C22H17N/c23-22-12-10-17(11-13-22)19-7-9-20-14-18(6-8-21(20)15-19)16-4-2-1-3-5-16/h1-15H,23H2. The number of nitrogens with two attached hydrogens (primary N) is 1. The van der Waals surface area contributed by atoms with Crippen LogP contribution >= 0.6 is 0 Å². The van der Waals surface area contributed by atoms with Gasteiger partial charge < -0.3 is 5.73 Å². The highest BCUT2D eigenvalue weighted by Crippen LogP contribution is 2.28. The van der Waals surface area contributed by atoms with E-state index in [1.807, 2.05) is 18.2 Å². The second kappa shape index (κ2) is 5.62. The van der Waals surface area contributed by atoms with Crippen molar-refractivity contribution in [1.82, 2.24) is 0 Å². The molecule has 23 heavy (non-hydrogen) atoms. The van der Waals surface area contributed by atoms with Crippen LogP contribution in [0.2, 0.25) is 0 Å². The summed E-state index contributed by atoms with van der Waals surface area (Å²) in [4.78, 5) is 0. The van der Waals surface area contributed by atoms with Gasteiger partial charge in [0.05, 0.1) is 0 Å². The molecule has 0 bridgehead atoms. The highest BCUT2D eigenvalue weighted by atomic mass is 14.5. The van der Waals surface area contributed by atoms with Crippen LogP contribution in [0.5, 0.6) is 0 Å². The zero-order chi connectivity index (χ0) is 15.6. The third kappa shape index (κ3) is 2.69. The summed E-state index contributed by atoms with van der Waals surface area (Å²) >= 11 is 0. The molecule has 0 saturated heterocycles. The third-order valence-electron chi connectivity index (χ3n) is 4.19. The Morgan fingerprint density at radius 1 is 0.435 bits per heavy atom. The largest absolute Gasteiger partial charge is 0.399 e. The van der Waals surface area contributed by atoms with Gasteiger partial charge in [0.2, 0.25) is 0 Å². The molecule has 4 rings (SSSR count). The lowest BCUT2D eigenvalue weighted by Crippen LogP contribution is -1.84. The van der Waals surface area contributed by atoms with E-state index in [1.54, 1.807) is 0 Å². The van der Waals surface area contributed by atoms with Crippen LogP contribution in [0.15, 0.2) is 91.0 Å². The monoisotopic (exact) mass is 295 g/mol. The van der Waals surface area contributed by atoms with E-state index in [9.17, 15) is 0 Å². The topological polar surface area (TPSA) is 26.0 Å². The van der Waals surface area contributed by atoms with E-state index in [0.717, 1.165) is 5.69 Å². The zero-order valence-electron chi connectivity index (χ0n) is 12.7. The van der Waals surface area contributed by atoms with Crippen molar-refractivity contribution < 1.29 is 0 Å². The lowest BCUT2D eigenvalue weighted by Gasteiger charge is -2.07. The summed E-state index contributed by atoms with van der Waals surface area (Å²) in [5, 5.41) is 2.50. The van der Waals surface area contributed by atoms with E-state index in [-0.39, 0.29) is 0 Å². The van der Waals surface area contributed by atoms with Crippen LogP contribution in [0.25, 0.3) is 33.0 Å². The van der Waals surface area contributed by atoms with Crippen LogP contribution < -0.4 is 5.73 Å². The van der Waals surface area contributed by atoms with Gasteiger partial charge in [0.25, 0.3) is 0 Å². The van der Waals surface area contributed by atoms with Crippen molar-refractivity contribution in [2.24, 2.45) is 0 Å². The van der Waals surface area contributed by atoms with Crippen LogP contribution in [-0.4, -0.2) is 0 Å². The number of hydrogen-bond donors (Lipinski definition) is 1. The molecule has 1 nitrogen and oxygen atoms in total. The first-order valence-electron chi connectivity index (χ1n) is 7.75. The molecule has 0 aromatic heterocycles. The Bertz CT molecular complexity index is 954. The summed E-state index contributed by atoms with van der Waals surface area (Å²) in [6.07, 6.45) is 0. The molecule has 0 radical (unpaired) electrons. The SMILES string of the molecule is Nc1ccc(-c2ccc3cc(-c4ccccc4)ccc3c2)cc1. The summed E-state index contributed by atoms with van der Waals surface area (Å²) in [7, 11) is 0. The minimum Gasteiger partial charge on any atom is -0.399 e. The van der Waals surface area contributed by atoms with Gasteiger partial charge in [0.15, 0.2) is 0 Å². The van der Waals surface area contributed by atoms with E-state index >= 15 is 0 Å². The minimum atomic E-state index is 0.794. The van der Waals surface area contributed by atoms with Gasteiger partial charge in [-0.1, -0.05) is 66.7 Å². The minimum absolute atomic E-state index is 0.794. The van der Waals surface area contributed by atoms with Crippen LogP contribution in [0.1, 0.15) is 0 Å². The predicted molar refractivity (Wildman–Crippen MR) is 99.2 cm³/mol. The molecule has 0 unspecified atom stereocenters. The molecular formula is C22H17N. The molecule has 2 N–H and O–H groups in total. The molecule has 4 aromatic carbocycles. The first-order chi connectivity index (χ1) is 11.3. The number of fused-ring (bicyclic) bond motifs is 1. The van der Waals surface area contributed by atoms with Crippen LogP contribution in [0, 0.1) is 0 Å². The van der Waals surface area contributed by atoms with E-state index in [4.69, 9.17) is 5.73 Å². The van der Waals surface area contributed by atoms with Crippen LogP contribution in [-0.2, 0) is 0 Å². The number of rotatable bonds is 2. The van der Waals surface area contributed by atoms with E-state index in [1.165, 1.54) is 33.0 Å². The molecule has 0 aliphatic rings. The van der Waals surface area contributed by atoms with Crippen molar-refractivity contribution in [3.63, 3.8) is 0 Å². The predicted octanol–water partition coefficient (Wildman–Crippen LogP) is 5.76. The number of benzene rings is 4. The molecule has 0 aliphatic carbocycles. The molecule has 0 saturated carbocycles. The molecule has 0 spiro atoms. The summed E-state index contributed by atoms with van der Waals surface area (Å²) in [6.45, 7) is 0. The second-order valence-corrected chi connectivity index (χ2v) is 5.76. The van der Waals surface area contributed by atoms with Gasteiger partial charge in [-0.2, -0.15) is 0 Å². The average Bonchev–Trinajstić information content (AvgIpc) is 2.62. The molecule has 110 valence electrons. The van der Waals surface area contributed by atoms with Crippen molar-refractivity contribution in [2.75, 3.05) is 5.73 Å². The van der Waals surface area contributed by atoms with Gasteiger partial charge in [0.1, 0.15) is 0 Å². The maximum atomic E-state index is 5.77. The van der Waals surface area contributed by atoms with Gasteiger partial charge in [-0.25, -0.2) is 0 Å². The molecule has 0 heterocycles. The van der Waals surface area contributed by atoms with Crippen molar-refractivity contribution >= 4 is 16.5 Å². The van der Waals surface area contributed by atoms with Crippen molar-refractivity contribution in [1.29, 1.82) is 0 Å². The van der Waals surface area contributed by atoms with Gasteiger partial charge in [-0.3, -0.25) is 0 Å². The fraction of sp³-hybridized carbons (Fsp3) is 0. The molecule has 0 amide bonds. The van der Waals surface area contributed by atoms with Crippen LogP contribution in [0.4, 0.5) is 5.69 Å². The highest BCUT2D eigenvalue weighted by Gasteiger charge is 2.02. The zero-order valence-corrected chi connectivity index (χ0v) is 12.7. The molecule has 0 fully saturated rings. The Morgan fingerprint density at radius 3 is 1.48 bits per heavy atom. The van der Waals surface area contributed by atoms with Gasteiger partial charge >= 0.3 is 0 Å². The Hall–Kier alpha value is -3.06. The van der Waals surface area contributed by atoms with Gasteiger partial charge in [0, 0.05) is 5.69 Å². The summed E-state index contributed by atoms with van der Waals surface area (Å²) in [5.74, 6) is 0. The summed E-state index contributed by atoms with van der Waals surface area (Å²) < 4.78 is 0. The Labute approximate surface area is 136 Å². The van der Waals surface area contributed by atoms with E-state index < -0.39 is 0 Å².